The Morgan fingerprint density at radius 3 is 2.75 bits per heavy atom. The van der Waals surface area contributed by atoms with E-state index in [9.17, 15) is 14.4 Å². The van der Waals surface area contributed by atoms with Gasteiger partial charge in [0, 0.05) is 38.4 Å². The molecule has 1 unspecified atom stereocenters. The third kappa shape index (κ3) is 2.82. The number of carbonyl (C=O) groups is 2. The Hall–Kier alpha value is -2.64. The minimum atomic E-state index is -0.135. The minimum Gasteiger partial charge on any atom is -0.337 e. The van der Waals surface area contributed by atoms with E-state index in [-0.39, 0.29) is 29.3 Å². The topological polar surface area (TPSA) is 90.8 Å². The van der Waals surface area contributed by atoms with Gasteiger partial charge in [0.15, 0.2) is 5.65 Å². The first-order valence-electron chi connectivity index (χ1n) is 10.2. The highest BCUT2D eigenvalue weighted by atomic mass is 16.2. The van der Waals surface area contributed by atoms with E-state index >= 15 is 0 Å². The molecule has 1 saturated carbocycles. The second kappa shape index (κ2) is 6.46. The molecule has 0 radical (unpaired) electrons. The number of hydrogen-bond donors (Lipinski definition) is 1. The van der Waals surface area contributed by atoms with E-state index in [1.54, 1.807) is 11.8 Å². The lowest BCUT2D eigenvalue weighted by atomic mass is 9.99. The third-order valence-electron chi connectivity index (χ3n) is 6.29. The molecular formula is C20H25N5O3. The Labute approximate surface area is 162 Å². The second-order valence-electron chi connectivity index (χ2n) is 8.26. The number of aromatic amines is 1. The van der Waals surface area contributed by atoms with Crippen LogP contribution in [0.3, 0.4) is 0 Å². The molecule has 28 heavy (non-hydrogen) atoms. The first-order chi connectivity index (χ1) is 13.5. The monoisotopic (exact) mass is 383 g/mol. The van der Waals surface area contributed by atoms with Crippen molar-refractivity contribution in [3.8, 4) is 0 Å². The highest BCUT2D eigenvalue weighted by Crippen LogP contribution is 2.33. The van der Waals surface area contributed by atoms with E-state index in [2.05, 4.69) is 5.10 Å². The van der Waals surface area contributed by atoms with Crippen molar-refractivity contribution in [3.63, 3.8) is 0 Å². The number of rotatable bonds is 2. The van der Waals surface area contributed by atoms with Crippen molar-refractivity contribution in [2.24, 2.45) is 5.92 Å². The number of H-pyrrole nitrogens is 1. The van der Waals surface area contributed by atoms with Gasteiger partial charge in [-0.3, -0.25) is 19.5 Å². The fourth-order valence-electron chi connectivity index (χ4n) is 4.58. The Bertz CT molecular complexity index is 1020. The summed E-state index contributed by atoms with van der Waals surface area (Å²) >= 11 is 0. The molecule has 1 aliphatic carbocycles. The van der Waals surface area contributed by atoms with Crippen LogP contribution in [-0.2, 0) is 22.6 Å². The lowest BCUT2D eigenvalue weighted by Gasteiger charge is -2.34. The molecule has 4 heterocycles. The lowest BCUT2D eigenvalue weighted by molar-refractivity contribution is -0.134. The van der Waals surface area contributed by atoms with Crippen LogP contribution in [0.5, 0.6) is 0 Å². The lowest BCUT2D eigenvalue weighted by Crippen LogP contribution is -2.41. The van der Waals surface area contributed by atoms with Gasteiger partial charge in [-0.25, -0.2) is 9.50 Å². The third-order valence-corrected chi connectivity index (χ3v) is 6.29. The number of nitrogens with zero attached hydrogens (tertiary/aromatic N) is 4. The Balaban J connectivity index is 1.51. The smallest absolute Gasteiger partial charge is 0.277 e. The number of piperidine rings is 1. The summed E-state index contributed by atoms with van der Waals surface area (Å²) in [6.07, 6.45) is 5.49. The fraction of sp³-hybridized carbons (Fsp3) is 0.600. The average Bonchev–Trinajstić information content (AvgIpc) is 3.47. The molecule has 1 saturated heterocycles. The molecule has 2 fully saturated rings. The maximum atomic E-state index is 13.1. The first kappa shape index (κ1) is 17.5. The van der Waals surface area contributed by atoms with E-state index in [1.165, 1.54) is 4.52 Å². The van der Waals surface area contributed by atoms with Gasteiger partial charge in [-0.2, -0.15) is 0 Å². The molecule has 1 atom stereocenters. The molecule has 3 aliphatic rings. The van der Waals surface area contributed by atoms with E-state index in [0.717, 1.165) is 50.0 Å². The van der Waals surface area contributed by atoms with Crippen molar-refractivity contribution in [2.75, 3.05) is 13.1 Å². The van der Waals surface area contributed by atoms with Crippen LogP contribution in [0.4, 0.5) is 0 Å². The molecular weight excluding hydrogens is 358 g/mol. The van der Waals surface area contributed by atoms with Crippen LogP contribution >= 0.6 is 0 Å². The summed E-state index contributed by atoms with van der Waals surface area (Å²) in [5.41, 5.74) is 2.72. The minimum absolute atomic E-state index is 0.0441. The first-order valence-corrected chi connectivity index (χ1v) is 10.2. The van der Waals surface area contributed by atoms with Gasteiger partial charge in [-0.15, -0.1) is 0 Å². The van der Waals surface area contributed by atoms with Crippen molar-refractivity contribution < 1.29 is 9.59 Å². The van der Waals surface area contributed by atoms with E-state index in [4.69, 9.17) is 4.98 Å². The molecule has 2 aromatic rings. The SMILES string of the molecule is CC(=O)N1CCCCC1c1cc2nc3c(c(=O)n2[nH]1)CN(C(=O)C1CC1)CC3. The largest absolute Gasteiger partial charge is 0.337 e. The zero-order valence-corrected chi connectivity index (χ0v) is 16.1. The van der Waals surface area contributed by atoms with Crippen LogP contribution in [-0.4, -0.2) is 49.3 Å². The van der Waals surface area contributed by atoms with Crippen LogP contribution in [0.2, 0.25) is 0 Å². The van der Waals surface area contributed by atoms with Gasteiger partial charge >= 0.3 is 0 Å². The number of amides is 2. The molecule has 1 N–H and O–H groups in total. The van der Waals surface area contributed by atoms with Gasteiger partial charge in [0.25, 0.3) is 5.56 Å². The summed E-state index contributed by atoms with van der Waals surface area (Å²) < 4.78 is 1.48. The standard InChI is InChI=1S/C20H25N5O3/c1-12(26)24-8-3-2-4-17(24)16-10-18-21-15-7-9-23(19(27)13-5-6-13)11-14(15)20(28)25(18)22-16/h10,13,17,22H,2-9,11H2,1H3. The van der Waals surface area contributed by atoms with Gasteiger partial charge in [0.05, 0.1) is 29.5 Å². The van der Waals surface area contributed by atoms with Crippen LogP contribution in [0, 0.1) is 5.92 Å². The number of nitrogens with one attached hydrogen (secondary N) is 1. The van der Waals surface area contributed by atoms with Crippen molar-refractivity contribution in [1.82, 2.24) is 24.4 Å². The van der Waals surface area contributed by atoms with Crippen LogP contribution in [0.25, 0.3) is 5.65 Å². The summed E-state index contributed by atoms with van der Waals surface area (Å²) in [7, 11) is 0. The van der Waals surface area contributed by atoms with E-state index in [1.807, 2.05) is 11.0 Å². The number of hydrogen-bond acceptors (Lipinski definition) is 4. The molecule has 2 aliphatic heterocycles. The molecule has 148 valence electrons. The van der Waals surface area contributed by atoms with E-state index < -0.39 is 0 Å². The van der Waals surface area contributed by atoms with Crippen molar-refractivity contribution >= 4 is 17.5 Å². The molecule has 0 bridgehead atoms. The molecule has 8 nitrogen and oxygen atoms in total. The predicted molar refractivity (Wildman–Crippen MR) is 102 cm³/mol. The van der Waals surface area contributed by atoms with E-state index in [0.29, 0.717) is 30.7 Å². The number of carbonyl (C=O) groups excluding carboxylic acids is 2. The fourth-order valence-corrected chi connectivity index (χ4v) is 4.58. The maximum absolute atomic E-state index is 13.1. The van der Waals surface area contributed by atoms with Crippen molar-refractivity contribution in [3.05, 3.63) is 33.4 Å². The Morgan fingerprint density at radius 1 is 1.18 bits per heavy atom. The summed E-state index contributed by atoms with van der Waals surface area (Å²) in [6.45, 7) is 3.31. The molecule has 5 rings (SSSR count). The summed E-state index contributed by atoms with van der Waals surface area (Å²) in [4.78, 5) is 45.9. The Kier molecular flexibility index (Phi) is 4.03. The van der Waals surface area contributed by atoms with Crippen LogP contribution in [0.15, 0.2) is 10.9 Å². The van der Waals surface area contributed by atoms with Gasteiger partial charge < -0.3 is 9.80 Å². The zero-order valence-electron chi connectivity index (χ0n) is 16.1. The van der Waals surface area contributed by atoms with Gasteiger partial charge in [0.2, 0.25) is 11.8 Å². The van der Waals surface area contributed by atoms with Crippen LogP contribution in [0.1, 0.15) is 62.0 Å². The van der Waals surface area contributed by atoms with Gasteiger partial charge in [-0.1, -0.05) is 0 Å². The molecule has 8 heteroatoms. The molecule has 0 aromatic carbocycles. The quantitative estimate of drug-likeness (QED) is 0.848. The summed E-state index contributed by atoms with van der Waals surface area (Å²) in [5.74, 6) is 0.376. The normalized spacial score (nSPS) is 22.4. The Morgan fingerprint density at radius 2 is 2.00 bits per heavy atom. The zero-order chi connectivity index (χ0) is 19.4. The van der Waals surface area contributed by atoms with Crippen LogP contribution < -0.4 is 5.56 Å². The maximum Gasteiger partial charge on any atom is 0.277 e. The number of fused-ring (bicyclic) bond motifs is 2. The highest BCUT2D eigenvalue weighted by molar-refractivity contribution is 5.81. The highest BCUT2D eigenvalue weighted by Gasteiger charge is 2.36. The number of likely N-dealkylation sites (tertiary alicyclic amines) is 1. The van der Waals surface area contributed by atoms with Gasteiger partial charge in [0.1, 0.15) is 0 Å². The molecule has 2 aromatic heterocycles. The molecule has 0 spiro atoms. The van der Waals surface area contributed by atoms with Crippen molar-refractivity contribution in [2.45, 2.75) is 58.0 Å². The second-order valence-corrected chi connectivity index (χ2v) is 8.26. The van der Waals surface area contributed by atoms with Crippen molar-refractivity contribution in [1.29, 1.82) is 0 Å². The number of aromatic nitrogens is 3. The van der Waals surface area contributed by atoms with Gasteiger partial charge in [-0.05, 0) is 32.1 Å². The summed E-state index contributed by atoms with van der Waals surface area (Å²) in [5, 5.41) is 3.19. The predicted octanol–water partition coefficient (Wildman–Crippen LogP) is 1.39. The summed E-state index contributed by atoms with van der Waals surface area (Å²) in [6, 6.07) is 1.85. The molecule has 2 amide bonds. The average molecular weight is 383 g/mol.